The second-order valence-corrected chi connectivity index (χ2v) is 4.61. The molecule has 2 rings (SSSR count). The maximum atomic E-state index is 11.2. The molecule has 0 aliphatic carbocycles. The molecule has 1 atom stereocenters. The van der Waals surface area contributed by atoms with Crippen LogP contribution in [0.1, 0.15) is 38.6 Å². The standard InChI is InChI=1S/C14H19N3O/c1-2-3-6-11(9-14(15)18)17-10-16-12-7-4-5-8-13(12)17/h4-5,7-8,10-11H,2-3,6,9H2,1H3,(H2,15,18). The van der Waals surface area contributed by atoms with Crippen molar-refractivity contribution in [3.8, 4) is 0 Å². The highest BCUT2D eigenvalue weighted by molar-refractivity contribution is 5.77. The maximum Gasteiger partial charge on any atom is 0.219 e. The van der Waals surface area contributed by atoms with Gasteiger partial charge in [-0.3, -0.25) is 4.79 Å². The van der Waals surface area contributed by atoms with Crippen LogP contribution in [-0.4, -0.2) is 15.5 Å². The molecule has 0 spiro atoms. The smallest absolute Gasteiger partial charge is 0.219 e. The molecular formula is C14H19N3O. The summed E-state index contributed by atoms with van der Waals surface area (Å²) in [5.74, 6) is -0.256. The molecule has 1 heterocycles. The van der Waals surface area contributed by atoms with Crippen LogP contribution in [0.25, 0.3) is 11.0 Å². The first-order chi connectivity index (χ1) is 8.72. The fraction of sp³-hybridized carbons (Fsp3) is 0.429. The molecule has 2 aromatic rings. The van der Waals surface area contributed by atoms with Gasteiger partial charge in [0, 0.05) is 12.5 Å². The fourth-order valence-electron chi connectivity index (χ4n) is 2.28. The molecule has 0 radical (unpaired) electrons. The zero-order valence-electron chi connectivity index (χ0n) is 10.7. The van der Waals surface area contributed by atoms with Crippen LogP contribution in [0.5, 0.6) is 0 Å². The van der Waals surface area contributed by atoms with Gasteiger partial charge >= 0.3 is 0 Å². The largest absolute Gasteiger partial charge is 0.370 e. The molecular weight excluding hydrogens is 226 g/mol. The number of imidazole rings is 1. The Bertz CT molecular complexity index is 533. The van der Waals surface area contributed by atoms with E-state index in [2.05, 4.69) is 16.5 Å². The zero-order chi connectivity index (χ0) is 13.0. The van der Waals surface area contributed by atoms with Crippen molar-refractivity contribution >= 4 is 16.9 Å². The number of aromatic nitrogens is 2. The van der Waals surface area contributed by atoms with Crippen molar-refractivity contribution in [2.75, 3.05) is 0 Å². The van der Waals surface area contributed by atoms with E-state index in [-0.39, 0.29) is 11.9 Å². The van der Waals surface area contributed by atoms with Crippen molar-refractivity contribution in [2.45, 2.75) is 38.6 Å². The quantitative estimate of drug-likeness (QED) is 0.850. The van der Waals surface area contributed by atoms with E-state index in [0.717, 1.165) is 30.3 Å². The lowest BCUT2D eigenvalue weighted by Gasteiger charge is -2.17. The average molecular weight is 245 g/mol. The molecule has 0 aliphatic heterocycles. The fourth-order valence-corrected chi connectivity index (χ4v) is 2.28. The molecule has 1 unspecified atom stereocenters. The Morgan fingerprint density at radius 1 is 1.44 bits per heavy atom. The van der Waals surface area contributed by atoms with Gasteiger partial charge in [0.1, 0.15) is 0 Å². The summed E-state index contributed by atoms with van der Waals surface area (Å²) in [6.07, 6.45) is 5.35. The summed E-state index contributed by atoms with van der Waals surface area (Å²) in [6, 6.07) is 8.08. The first-order valence-electron chi connectivity index (χ1n) is 6.42. The highest BCUT2D eigenvalue weighted by atomic mass is 16.1. The first-order valence-corrected chi connectivity index (χ1v) is 6.42. The Kier molecular flexibility index (Phi) is 3.97. The molecule has 1 aromatic heterocycles. The Hall–Kier alpha value is -1.84. The summed E-state index contributed by atoms with van der Waals surface area (Å²) in [5, 5.41) is 0. The van der Waals surface area contributed by atoms with E-state index in [1.165, 1.54) is 0 Å². The summed E-state index contributed by atoms with van der Waals surface area (Å²) in [6.45, 7) is 2.15. The van der Waals surface area contributed by atoms with Crippen LogP contribution in [0.15, 0.2) is 30.6 Å². The van der Waals surface area contributed by atoms with Crippen LogP contribution < -0.4 is 5.73 Å². The van der Waals surface area contributed by atoms with Gasteiger partial charge < -0.3 is 10.3 Å². The lowest BCUT2D eigenvalue weighted by atomic mass is 10.1. The van der Waals surface area contributed by atoms with Gasteiger partial charge in [0.05, 0.1) is 17.4 Å². The number of nitrogens with zero attached hydrogens (tertiary/aromatic N) is 2. The molecule has 1 amide bonds. The van der Waals surface area contributed by atoms with E-state index >= 15 is 0 Å². The third-order valence-corrected chi connectivity index (χ3v) is 3.20. The molecule has 2 N–H and O–H groups in total. The topological polar surface area (TPSA) is 60.9 Å². The van der Waals surface area contributed by atoms with Crippen molar-refractivity contribution in [2.24, 2.45) is 5.73 Å². The summed E-state index contributed by atoms with van der Waals surface area (Å²) in [5.41, 5.74) is 7.37. The minimum atomic E-state index is -0.256. The van der Waals surface area contributed by atoms with Gasteiger partial charge in [-0.05, 0) is 18.6 Å². The number of unbranched alkanes of at least 4 members (excludes halogenated alkanes) is 1. The van der Waals surface area contributed by atoms with Crippen LogP contribution in [0, 0.1) is 0 Å². The van der Waals surface area contributed by atoms with Crippen molar-refractivity contribution in [3.63, 3.8) is 0 Å². The Labute approximate surface area is 107 Å². The van der Waals surface area contributed by atoms with Crippen LogP contribution in [-0.2, 0) is 4.79 Å². The molecule has 0 saturated carbocycles. The summed E-state index contributed by atoms with van der Waals surface area (Å²) in [7, 11) is 0. The number of primary amides is 1. The van der Waals surface area contributed by atoms with Gasteiger partial charge in [-0.15, -0.1) is 0 Å². The van der Waals surface area contributed by atoms with Gasteiger partial charge in [0.15, 0.2) is 0 Å². The van der Waals surface area contributed by atoms with Crippen LogP contribution in [0.4, 0.5) is 0 Å². The van der Waals surface area contributed by atoms with E-state index in [1.807, 2.05) is 30.6 Å². The van der Waals surface area contributed by atoms with Gasteiger partial charge in [0.25, 0.3) is 0 Å². The van der Waals surface area contributed by atoms with Crippen molar-refractivity contribution < 1.29 is 4.79 Å². The van der Waals surface area contributed by atoms with Gasteiger partial charge in [-0.2, -0.15) is 0 Å². The monoisotopic (exact) mass is 245 g/mol. The van der Waals surface area contributed by atoms with E-state index in [0.29, 0.717) is 6.42 Å². The predicted octanol–water partition coefficient (Wildman–Crippen LogP) is 2.64. The molecule has 0 saturated heterocycles. The highest BCUT2D eigenvalue weighted by Crippen LogP contribution is 2.24. The summed E-state index contributed by atoms with van der Waals surface area (Å²) >= 11 is 0. The SMILES string of the molecule is CCCCC(CC(N)=O)n1cnc2ccccc21. The van der Waals surface area contributed by atoms with Gasteiger partial charge in [-0.25, -0.2) is 4.98 Å². The second-order valence-electron chi connectivity index (χ2n) is 4.61. The molecule has 1 aromatic carbocycles. The second kappa shape index (κ2) is 5.67. The molecule has 4 heteroatoms. The van der Waals surface area contributed by atoms with Crippen LogP contribution in [0.2, 0.25) is 0 Å². The van der Waals surface area contributed by atoms with E-state index in [4.69, 9.17) is 5.73 Å². The minimum absolute atomic E-state index is 0.120. The Balaban J connectivity index is 2.31. The van der Waals surface area contributed by atoms with E-state index < -0.39 is 0 Å². The number of para-hydroxylation sites is 2. The van der Waals surface area contributed by atoms with Crippen LogP contribution >= 0.6 is 0 Å². The zero-order valence-corrected chi connectivity index (χ0v) is 10.7. The number of rotatable bonds is 6. The maximum absolute atomic E-state index is 11.2. The number of amides is 1. The molecule has 0 fully saturated rings. The number of hydrogen-bond donors (Lipinski definition) is 1. The third kappa shape index (κ3) is 2.70. The average Bonchev–Trinajstić information content (AvgIpc) is 2.78. The van der Waals surface area contributed by atoms with E-state index in [1.54, 1.807) is 0 Å². The number of carbonyl (C=O) groups is 1. The normalized spacial score (nSPS) is 12.7. The summed E-state index contributed by atoms with van der Waals surface area (Å²) < 4.78 is 2.08. The van der Waals surface area contributed by atoms with E-state index in [9.17, 15) is 4.79 Å². The number of fused-ring (bicyclic) bond motifs is 1. The summed E-state index contributed by atoms with van der Waals surface area (Å²) in [4.78, 5) is 15.6. The van der Waals surface area contributed by atoms with Gasteiger partial charge in [0.2, 0.25) is 5.91 Å². The predicted molar refractivity (Wildman–Crippen MR) is 72.1 cm³/mol. The highest BCUT2D eigenvalue weighted by Gasteiger charge is 2.15. The lowest BCUT2D eigenvalue weighted by Crippen LogP contribution is -2.19. The van der Waals surface area contributed by atoms with Gasteiger partial charge in [-0.1, -0.05) is 31.9 Å². The number of benzene rings is 1. The third-order valence-electron chi connectivity index (χ3n) is 3.20. The first kappa shape index (κ1) is 12.6. The molecule has 96 valence electrons. The number of hydrogen-bond acceptors (Lipinski definition) is 2. The minimum Gasteiger partial charge on any atom is -0.370 e. The van der Waals surface area contributed by atoms with Crippen LogP contribution in [0.3, 0.4) is 0 Å². The lowest BCUT2D eigenvalue weighted by molar-refractivity contribution is -0.118. The Morgan fingerprint density at radius 2 is 2.22 bits per heavy atom. The molecule has 18 heavy (non-hydrogen) atoms. The van der Waals surface area contributed by atoms with Crippen molar-refractivity contribution in [1.29, 1.82) is 0 Å². The number of carbonyl (C=O) groups excluding carboxylic acids is 1. The molecule has 0 bridgehead atoms. The molecule has 4 nitrogen and oxygen atoms in total. The van der Waals surface area contributed by atoms with Crippen molar-refractivity contribution in [1.82, 2.24) is 9.55 Å². The number of nitrogens with two attached hydrogens (primary N) is 1. The van der Waals surface area contributed by atoms with Crippen molar-refractivity contribution in [3.05, 3.63) is 30.6 Å². The molecule has 0 aliphatic rings. The Morgan fingerprint density at radius 3 is 2.94 bits per heavy atom.